The fraction of sp³-hybridized carbons (Fsp3) is 0.0769. The summed E-state index contributed by atoms with van der Waals surface area (Å²) in [5.41, 5.74) is 1.06. The van der Waals surface area contributed by atoms with Gasteiger partial charge in [0, 0.05) is 9.37 Å². The number of halogens is 1. The molecule has 0 amide bonds. The molecule has 0 fully saturated rings. The lowest BCUT2D eigenvalue weighted by molar-refractivity contribution is 0.537. The molecule has 1 atom stereocenters. The quantitative estimate of drug-likeness (QED) is 0.754. The molecule has 2 rings (SSSR count). The number of hydrogen-bond acceptors (Lipinski definition) is 2. The lowest BCUT2D eigenvalue weighted by Crippen LogP contribution is -1.87. The third kappa shape index (κ3) is 5.77. The van der Waals surface area contributed by atoms with Gasteiger partial charge in [-0.3, -0.25) is 4.21 Å². The minimum absolute atomic E-state index is 0.339. The zero-order chi connectivity index (χ0) is 12.7. The molecule has 0 radical (unpaired) electrons. The molecule has 4 heteroatoms. The molecule has 0 saturated heterocycles. The Morgan fingerprint density at radius 1 is 1.00 bits per heavy atom. The van der Waals surface area contributed by atoms with Gasteiger partial charge in [-0.25, -0.2) is 0 Å². The van der Waals surface area contributed by atoms with Gasteiger partial charge in [0.1, 0.15) is 0 Å². The van der Waals surface area contributed by atoms with E-state index in [4.69, 9.17) is 0 Å². The Kier molecular flexibility index (Phi) is 6.11. The van der Waals surface area contributed by atoms with E-state index in [0.717, 1.165) is 10.0 Å². The third-order valence-electron chi connectivity index (χ3n) is 1.95. The van der Waals surface area contributed by atoms with Crippen LogP contribution in [0.3, 0.4) is 0 Å². The highest BCUT2D eigenvalue weighted by atomic mass is 79.9. The van der Waals surface area contributed by atoms with Crippen molar-refractivity contribution in [3.8, 4) is 0 Å². The summed E-state index contributed by atoms with van der Waals surface area (Å²) in [7, 11) is 0. The van der Waals surface area contributed by atoms with Crippen LogP contribution in [0.5, 0.6) is 0 Å². The Balaban J connectivity index is 0.000000181. The van der Waals surface area contributed by atoms with Gasteiger partial charge in [-0.1, -0.05) is 51.8 Å². The van der Waals surface area contributed by atoms with Gasteiger partial charge in [0.25, 0.3) is 0 Å². The maximum Gasteiger partial charge on any atom is 0.0248 e. The largest absolute Gasteiger partial charge is 0.768 e. The highest BCUT2D eigenvalue weighted by Gasteiger charge is 1.88. The number of rotatable bonds is 1. The van der Waals surface area contributed by atoms with E-state index in [1.807, 2.05) is 37.3 Å². The number of aryl methyl sites for hydroxylation is 1. The zero-order valence-corrected chi connectivity index (χ0v) is 11.7. The topological polar surface area (TPSA) is 40.1 Å². The monoisotopic (exact) mass is 311 g/mol. The highest BCUT2D eigenvalue weighted by molar-refractivity contribution is 9.10. The Morgan fingerprint density at radius 3 is 1.88 bits per heavy atom. The normalized spacial score (nSPS) is 11.2. The van der Waals surface area contributed by atoms with E-state index in [9.17, 15) is 8.76 Å². The molecule has 0 aliphatic rings. The van der Waals surface area contributed by atoms with Crippen LogP contribution >= 0.6 is 15.9 Å². The lowest BCUT2D eigenvalue weighted by Gasteiger charge is -2.03. The molecule has 0 heterocycles. The van der Waals surface area contributed by atoms with E-state index in [-0.39, 0.29) is 0 Å². The van der Waals surface area contributed by atoms with Gasteiger partial charge in [0.15, 0.2) is 0 Å². The van der Waals surface area contributed by atoms with Crippen LogP contribution in [-0.2, 0) is 11.1 Å². The molecule has 2 aromatic rings. The second-order valence-corrected chi connectivity index (χ2v) is 5.20. The molecule has 0 N–H and O–H groups in total. The van der Waals surface area contributed by atoms with E-state index in [1.165, 1.54) is 0 Å². The van der Waals surface area contributed by atoms with Crippen molar-refractivity contribution in [1.29, 1.82) is 0 Å². The minimum atomic E-state index is -2.09. The van der Waals surface area contributed by atoms with Crippen LogP contribution in [0.4, 0.5) is 0 Å². The Bertz CT molecular complexity index is 469. The number of hydrogen-bond donors (Lipinski definition) is 0. The first-order chi connectivity index (χ1) is 8.09. The predicted molar refractivity (Wildman–Crippen MR) is 72.5 cm³/mol. The van der Waals surface area contributed by atoms with E-state index >= 15 is 0 Å². The smallest absolute Gasteiger partial charge is 0.0248 e. The third-order valence-corrected chi connectivity index (χ3v) is 3.13. The van der Waals surface area contributed by atoms with Gasteiger partial charge in [-0.2, -0.15) is 0 Å². The maximum absolute atomic E-state index is 10.3. The van der Waals surface area contributed by atoms with Gasteiger partial charge >= 0.3 is 0 Å². The second kappa shape index (κ2) is 7.37. The van der Waals surface area contributed by atoms with Gasteiger partial charge in [0.2, 0.25) is 0 Å². The fourth-order valence-electron chi connectivity index (χ4n) is 1.06. The summed E-state index contributed by atoms with van der Waals surface area (Å²) in [4.78, 5) is 0.339. The summed E-state index contributed by atoms with van der Waals surface area (Å²) in [5.74, 6) is 0. The molecule has 1 unspecified atom stereocenters. The molecule has 0 spiro atoms. The Morgan fingerprint density at radius 2 is 1.53 bits per heavy atom. The summed E-state index contributed by atoms with van der Waals surface area (Å²) >= 11 is 1.22. The van der Waals surface area contributed by atoms with Crippen LogP contribution < -0.4 is 0 Å². The maximum atomic E-state index is 10.3. The first-order valence-electron chi connectivity index (χ1n) is 4.96. The summed E-state index contributed by atoms with van der Waals surface area (Å²) in [6, 6.07) is 16.7. The summed E-state index contributed by atoms with van der Waals surface area (Å²) in [6.45, 7) is 1.91. The molecule has 0 bridgehead atoms. The van der Waals surface area contributed by atoms with Crippen LogP contribution in [0.25, 0.3) is 0 Å². The summed E-state index contributed by atoms with van der Waals surface area (Å²) in [6.07, 6.45) is 0. The van der Waals surface area contributed by atoms with Gasteiger partial charge in [0.05, 0.1) is 0 Å². The van der Waals surface area contributed by atoms with Crippen molar-refractivity contribution in [2.45, 2.75) is 11.8 Å². The molecule has 0 aliphatic carbocycles. The molecule has 0 aromatic heterocycles. The number of benzene rings is 2. The highest BCUT2D eigenvalue weighted by Crippen LogP contribution is 2.05. The molecule has 17 heavy (non-hydrogen) atoms. The molecule has 2 aromatic carbocycles. The van der Waals surface area contributed by atoms with Crippen molar-refractivity contribution in [2.75, 3.05) is 0 Å². The summed E-state index contributed by atoms with van der Waals surface area (Å²) in [5, 5.41) is 0. The fourth-order valence-corrected chi connectivity index (χ4v) is 1.73. The zero-order valence-electron chi connectivity index (χ0n) is 9.30. The van der Waals surface area contributed by atoms with E-state index in [0.29, 0.717) is 4.90 Å². The SMILES string of the molecule is Brc1ccccc1.Cc1ccc(S(=O)[O-])cc1. The minimum Gasteiger partial charge on any atom is -0.768 e. The Labute approximate surface area is 112 Å². The van der Waals surface area contributed by atoms with Crippen molar-refractivity contribution in [3.63, 3.8) is 0 Å². The first kappa shape index (κ1) is 14.1. The standard InChI is InChI=1S/C7H8O2S.C6H5Br/c1-6-2-4-7(5-3-6)10(8)9;7-6-4-2-1-3-5-6/h2-5H,1H3,(H,8,9);1-5H/p-1. The predicted octanol–water partition coefficient (Wildman–Crippen LogP) is 3.68. The van der Waals surface area contributed by atoms with Crippen LogP contribution in [0.2, 0.25) is 0 Å². The van der Waals surface area contributed by atoms with Crippen LogP contribution in [0.1, 0.15) is 5.56 Å². The van der Waals surface area contributed by atoms with Crippen molar-refractivity contribution >= 4 is 27.0 Å². The second-order valence-electron chi connectivity index (χ2n) is 3.34. The Hall–Kier alpha value is -0.970. The van der Waals surface area contributed by atoms with E-state index in [1.54, 1.807) is 24.3 Å². The average molecular weight is 312 g/mol. The lowest BCUT2D eigenvalue weighted by atomic mass is 10.2. The molecular formula is C13H12BrO2S-. The van der Waals surface area contributed by atoms with E-state index in [2.05, 4.69) is 15.9 Å². The molecule has 0 saturated carbocycles. The molecule has 90 valence electrons. The molecular weight excluding hydrogens is 300 g/mol. The van der Waals surface area contributed by atoms with Crippen LogP contribution in [0, 0.1) is 6.92 Å². The van der Waals surface area contributed by atoms with Gasteiger partial charge in [-0.15, -0.1) is 0 Å². The van der Waals surface area contributed by atoms with Crippen LogP contribution in [-0.4, -0.2) is 8.76 Å². The van der Waals surface area contributed by atoms with Gasteiger partial charge < -0.3 is 4.55 Å². The van der Waals surface area contributed by atoms with Crippen molar-refractivity contribution < 1.29 is 8.76 Å². The van der Waals surface area contributed by atoms with Crippen molar-refractivity contribution in [1.82, 2.24) is 0 Å². The molecule has 0 aliphatic heterocycles. The van der Waals surface area contributed by atoms with Crippen molar-refractivity contribution in [2.24, 2.45) is 0 Å². The summed E-state index contributed by atoms with van der Waals surface area (Å²) < 4.78 is 21.8. The van der Waals surface area contributed by atoms with Gasteiger partial charge in [-0.05, 0) is 42.3 Å². The first-order valence-corrected chi connectivity index (χ1v) is 6.83. The average Bonchev–Trinajstić information content (AvgIpc) is 2.31. The van der Waals surface area contributed by atoms with Crippen LogP contribution in [0.15, 0.2) is 64.0 Å². The molecule has 2 nitrogen and oxygen atoms in total. The van der Waals surface area contributed by atoms with Crippen molar-refractivity contribution in [3.05, 3.63) is 64.6 Å². The van der Waals surface area contributed by atoms with E-state index < -0.39 is 11.1 Å².